The van der Waals surface area contributed by atoms with Crippen molar-refractivity contribution in [2.45, 2.75) is 38.8 Å². The summed E-state index contributed by atoms with van der Waals surface area (Å²) in [6.45, 7) is 6.38. The van der Waals surface area contributed by atoms with E-state index < -0.39 is 0 Å². The Morgan fingerprint density at radius 1 is 1.41 bits per heavy atom. The molecule has 5 heteroatoms. The standard InChI is InChI=1S/C12H19ClN4/c1-3-9-8-17(10(4-2)5-15-9)12-7-14-6-11(13)16-12/h6-7,9-10,15H,3-5,8H2,1-2H3. The topological polar surface area (TPSA) is 41.1 Å². The molecule has 0 amide bonds. The van der Waals surface area contributed by atoms with Crippen LogP contribution in [0, 0.1) is 0 Å². The van der Waals surface area contributed by atoms with E-state index in [-0.39, 0.29) is 0 Å². The minimum atomic E-state index is 0.462. The van der Waals surface area contributed by atoms with Crippen LogP contribution >= 0.6 is 11.6 Å². The minimum absolute atomic E-state index is 0.462. The number of halogens is 1. The Balaban J connectivity index is 2.20. The SMILES string of the molecule is CCC1CN(c2cncc(Cl)n2)C(CC)CN1. The zero-order chi connectivity index (χ0) is 12.3. The van der Waals surface area contributed by atoms with Gasteiger partial charge in [0.05, 0.1) is 12.4 Å². The largest absolute Gasteiger partial charge is 0.349 e. The van der Waals surface area contributed by atoms with E-state index in [4.69, 9.17) is 11.6 Å². The highest BCUT2D eigenvalue weighted by molar-refractivity contribution is 6.29. The maximum atomic E-state index is 5.91. The molecule has 2 rings (SSSR count). The second-order valence-corrected chi connectivity index (χ2v) is 4.82. The number of piperazine rings is 1. The molecule has 1 saturated heterocycles. The van der Waals surface area contributed by atoms with Crippen molar-refractivity contribution >= 4 is 17.4 Å². The molecule has 2 atom stereocenters. The number of aromatic nitrogens is 2. The third-order valence-electron chi connectivity index (χ3n) is 3.35. The molecular formula is C12H19ClN4. The summed E-state index contributed by atoms with van der Waals surface area (Å²) >= 11 is 5.91. The van der Waals surface area contributed by atoms with Crippen LogP contribution in [0.15, 0.2) is 12.4 Å². The van der Waals surface area contributed by atoms with Crippen molar-refractivity contribution in [1.82, 2.24) is 15.3 Å². The van der Waals surface area contributed by atoms with E-state index in [1.54, 1.807) is 12.4 Å². The maximum Gasteiger partial charge on any atom is 0.149 e. The average Bonchev–Trinajstić information content (AvgIpc) is 2.38. The van der Waals surface area contributed by atoms with Crippen LogP contribution < -0.4 is 10.2 Å². The fraction of sp³-hybridized carbons (Fsp3) is 0.667. The van der Waals surface area contributed by atoms with Crippen molar-refractivity contribution < 1.29 is 0 Å². The van der Waals surface area contributed by atoms with Crippen LogP contribution in [0.3, 0.4) is 0 Å². The first kappa shape index (κ1) is 12.6. The summed E-state index contributed by atoms with van der Waals surface area (Å²) in [7, 11) is 0. The molecule has 94 valence electrons. The first-order chi connectivity index (χ1) is 8.24. The Kier molecular flexibility index (Phi) is 4.18. The van der Waals surface area contributed by atoms with Crippen LogP contribution in [-0.2, 0) is 0 Å². The second-order valence-electron chi connectivity index (χ2n) is 4.43. The first-order valence-electron chi connectivity index (χ1n) is 6.22. The molecule has 1 aromatic heterocycles. The van der Waals surface area contributed by atoms with Crippen molar-refractivity contribution in [1.29, 1.82) is 0 Å². The lowest BCUT2D eigenvalue weighted by atomic mass is 10.1. The van der Waals surface area contributed by atoms with Gasteiger partial charge in [0.25, 0.3) is 0 Å². The molecule has 0 bridgehead atoms. The number of hydrogen-bond donors (Lipinski definition) is 1. The molecule has 0 radical (unpaired) electrons. The summed E-state index contributed by atoms with van der Waals surface area (Å²) in [5.74, 6) is 0.893. The van der Waals surface area contributed by atoms with E-state index in [1.807, 2.05) is 0 Å². The summed E-state index contributed by atoms with van der Waals surface area (Å²) in [5, 5.41) is 4.02. The Bertz CT molecular complexity index is 371. The molecule has 2 unspecified atom stereocenters. The number of nitrogens with one attached hydrogen (secondary N) is 1. The predicted octanol–water partition coefficient (Wildman–Crippen LogP) is 2.10. The van der Waals surface area contributed by atoms with Crippen LogP contribution in [0.25, 0.3) is 0 Å². The van der Waals surface area contributed by atoms with Crippen LogP contribution in [0.2, 0.25) is 5.15 Å². The second kappa shape index (κ2) is 5.65. The molecule has 1 N–H and O–H groups in total. The van der Waals surface area contributed by atoms with Gasteiger partial charge in [-0.1, -0.05) is 25.4 Å². The Morgan fingerprint density at radius 2 is 2.24 bits per heavy atom. The Hall–Kier alpha value is -0.870. The van der Waals surface area contributed by atoms with E-state index >= 15 is 0 Å². The van der Waals surface area contributed by atoms with Crippen molar-refractivity contribution in [2.75, 3.05) is 18.0 Å². The fourth-order valence-electron chi connectivity index (χ4n) is 2.25. The van der Waals surface area contributed by atoms with Gasteiger partial charge in [-0.3, -0.25) is 4.98 Å². The highest BCUT2D eigenvalue weighted by Crippen LogP contribution is 2.20. The van der Waals surface area contributed by atoms with Gasteiger partial charge in [0.2, 0.25) is 0 Å². The highest BCUT2D eigenvalue weighted by Gasteiger charge is 2.26. The Labute approximate surface area is 107 Å². The van der Waals surface area contributed by atoms with Gasteiger partial charge >= 0.3 is 0 Å². The summed E-state index contributed by atoms with van der Waals surface area (Å²) in [4.78, 5) is 10.8. The molecule has 1 fully saturated rings. The van der Waals surface area contributed by atoms with Crippen LogP contribution in [0.5, 0.6) is 0 Å². The van der Waals surface area contributed by atoms with Gasteiger partial charge in [0.1, 0.15) is 11.0 Å². The number of rotatable bonds is 3. The minimum Gasteiger partial charge on any atom is -0.349 e. The van der Waals surface area contributed by atoms with Crippen LogP contribution in [-0.4, -0.2) is 35.1 Å². The first-order valence-corrected chi connectivity index (χ1v) is 6.60. The lowest BCUT2D eigenvalue weighted by Gasteiger charge is -2.40. The van der Waals surface area contributed by atoms with E-state index in [0.717, 1.165) is 31.7 Å². The van der Waals surface area contributed by atoms with Gasteiger partial charge in [0, 0.05) is 25.2 Å². The smallest absolute Gasteiger partial charge is 0.149 e. The molecule has 1 aliphatic heterocycles. The quantitative estimate of drug-likeness (QED) is 0.897. The van der Waals surface area contributed by atoms with Crippen molar-refractivity contribution in [3.63, 3.8) is 0 Å². The predicted molar refractivity (Wildman–Crippen MR) is 70.5 cm³/mol. The van der Waals surface area contributed by atoms with Gasteiger partial charge in [-0.25, -0.2) is 4.98 Å². The molecule has 4 nitrogen and oxygen atoms in total. The number of hydrogen-bond acceptors (Lipinski definition) is 4. The van der Waals surface area contributed by atoms with E-state index in [9.17, 15) is 0 Å². The van der Waals surface area contributed by atoms with Crippen LogP contribution in [0.4, 0.5) is 5.82 Å². The molecule has 1 aromatic rings. The monoisotopic (exact) mass is 254 g/mol. The van der Waals surface area contributed by atoms with Crippen LogP contribution in [0.1, 0.15) is 26.7 Å². The molecule has 17 heavy (non-hydrogen) atoms. The Morgan fingerprint density at radius 3 is 2.88 bits per heavy atom. The average molecular weight is 255 g/mol. The third-order valence-corrected chi connectivity index (χ3v) is 3.53. The third kappa shape index (κ3) is 2.87. The van der Waals surface area contributed by atoms with Crippen molar-refractivity contribution in [3.05, 3.63) is 17.5 Å². The zero-order valence-corrected chi connectivity index (χ0v) is 11.1. The summed E-state index contributed by atoms with van der Waals surface area (Å²) < 4.78 is 0. The molecule has 0 spiro atoms. The van der Waals surface area contributed by atoms with Crippen molar-refractivity contribution in [2.24, 2.45) is 0 Å². The van der Waals surface area contributed by atoms with E-state index in [0.29, 0.717) is 17.2 Å². The highest BCUT2D eigenvalue weighted by atomic mass is 35.5. The van der Waals surface area contributed by atoms with Gasteiger partial charge < -0.3 is 10.2 Å². The molecular weight excluding hydrogens is 236 g/mol. The van der Waals surface area contributed by atoms with Gasteiger partial charge in [-0.2, -0.15) is 0 Å². The maximum absolute atomic E-state index is 5.91. The number of nitrogens with zero attached hydrogens (tertiary/aromatic N) is 3. The normalized spacial score (nSPS) is 25.0. The van der Waals surface area contributed by atoms with Gasteiger partial charge in [0.15, 0.2) is 0 Å². The zero-order valence-electron chi connectivity index (χ0n) is 10.4. The summed E-state index contributed by atoms with van der Waals surface area (Å²) in [6, 6.07) is 1.00. The summed E-state index contributed by atoms with van der Waals surface area (Å²) in [5.41, 5.74) is 0. The van der Waals surface area contributed by atoms with Gasteiger partial charge in [-0.05, 0) is 12.8 Å². The fourth-order valence-corrected chi connectivity index (χ4v) is 2.40. The molecule has 0 saturated carbocycles. The van der Waals surface area contributed by atoms with Crippen molar-refractivity contribution in [3.8, 4) is 0 Å². The van der Waals surface area contributed by atoms with E-state index in [2.05, 4.69) is 34.0 Å². The molecule has 0 aromatic carbocycles. The molecule has 1 aliphatic rings. The van der Waals surface area contributed by atoms with E-state index in [1.165, 1.54) is 0 Å². The number of anilines is 1. The lowest BCUT2D eigenvalue weighted by Crippen LogP contribution is -2.56. The van der Waals surface area contributed by atoms with Gasteiger partial charge in [-0.15, -0.1) is 0 Å². The lowest BCUT2D eigenvalue weighted by molar-refractivity contribution is 0.376. The molecule has 0 aliphatic carbocycles. The molecule has 2 heterocycles. The summed E-state index contributed by atoms with van der Waals surface area (Å²) in [6.07, 6.45) is 5.59.